The Morgan fingerprint density at radius 3 is 2.32 bits per heavy atom. The van der Waals surface area contributed by atoms with Crippen molar-refractivity contribution >= 4 is 28.1 Å². The third kappa shape index (κ3) is 4.42. The van der Waals surface area contributed by atoms with Crippen molar-refractivity contribution in [1.82, 2.24) is 4.98 Å². The van der Waals surface area contributed by atoms with Crippen molar-refractivity contribution in [2.75, 3.05) is 23.3 Å². The molecule has 1 aliphatic heterocycles. The van der Waals surface area contributed by atoms with E-state index in [-0.39, 0.29) is 11.2 Å². The summed E-state index contributed by atoms with van der Waals surface area (Å²) in [5.41, 5.74) is 1.70. The molecule has 1 aliphatic rings. The minimum atomic E-state index is -4.99. The van der Waals surface area contributed by atoms with Crippen LogP contribution in [0.3, 0.4) is 0 Å². The summed E-state index contributed by atoms with van der Waals surface area (Å²) in [7, 11) is 0. The summed E-state index contributed by atoms with van der Waals surface area (Å²) >= 11 is 0. The van der Waals surface area contributed by atoms with Gasteiger partial charge in [-0.3, -0.25) is 9.59 Å². The molecule has 0 radical (unpaired) electrons. The molecule has 1 aromatic heterocycles. The van der Waals surface area contributed by atoms with E-state index in [2.05, 4.69) is 10.3 Å². The Hall–Kier alpha value is -3.29. The molecule has 162 valence electrons. The Kier molecular flexibility index (Phi) is 5.71. The molecule has 1 fully saturated rings. The first-order chi connectivity index (χ1) is 14.8. The number of nitrogens with zero attached hydrogens (tertiary/aromatic N) is 1. The molecule has 0 spiro atoms. The van der Waals surface area contributed by atoms with Gasteiger partial charge < -0.3 is 15.2 Å². The Morgan fingerprint density at radius 2 is 1.65 bits per heavy atom. The lowest BCUT2D eigenvalue weighted by atomic mass is 9.99. The lowest BCUT2D eigenvalue weighted by Crippen LogP contribution is -2.31. The summed E-state index contributed by atoms with van der Waals surface area (Å²) in [6.45, 7) is 1.44. The van der Waals surface area contributed by atoms with Crippen LogP contribution >= 0.6 is 0 Å². The fourth-order valence-corrected chi connectivity index (χ4v) is 4.03. The van der Waals surface area contributed by atoms with Gasteiger partial charge in [0.1, 0.15) is 0 Å². The SMILES string of the molecule is O=C(Nc1cc(-c2c[nH]c(=O)c3ccccc23)ccc1N1CCCCCC1)C(F)(F)F. The van der Waals surface area contributed by atoms with Crippen LogP contribution in [0, 0.1) is 0 Å². The summed E-state index contributed by atoms with van der Waals surface area (Å²) in [6, 6.07) is 12.1. The Morgan fingerprint density at radius 1 is 0.968 bits per heavy atom. The minimum absolute atomic E-state index is 0.108. The number of H-pyrrole nitrogens is 1. The summed E-state index contributed by atoms with van der Waals surface area (Å²) in [4.78, 5) is 28.6. The van der Waals surface area contributed by atoms with Gasteiger partial charge in [-0.25, -0.2) is 0 Å². The van der Waals surface area contributed by atoms with Crippen LogP contribution < -0.4 is 15.8 Å². The first-order valence-corrected chi connectivity index (χ1v) is 10.2. The molecule has 0 bridgehead atoms. The second-order valence-corrected chi connectivity index (χ2v) is 7.66. The van der Waals surface area contributed by atoms with Crippen molar-refractivity contribution in [3.63, 3.8) is 0 Å². The van der Waals surface area contributed by atoms with E-state index in [0.29, 0.717) is 27.6 Å². The highest BCUT2D eigenvalue weighted by molar-refractivity contribution is 6.01. The predicted octanol–water partition coefficient (Wildman–Crippen LogP) is 5.08. The summed E-state index contributed by atoms with van der Waals surface area (Å²) < 4.78 is 39.0. The first kappa shape index (κ1) is 21.0. The zero-order chi connectivity index (χ0) is 22.0. The second-order valence-electron chi connectivity index (χ2n) is 7.66. The maximum Gasteiger partial charge on any atom is 0.471 e. The van der Waals surface area contributed by atoms with E-state index in [1.54, 1.807) is 42.6 Å². The van der Waals surface area contributed by atoms with Crippen molar-refractivity contribution < 1.29 is 18.0 Å². The van der Waals surface area contributed by atoms with Gasteiger partial charge in [-0.05, 0) is 42.0 Å². The standard InChI is InChI=1S/C23H22F3N3O2/c24-23(25,26)22(31)28-19-13-15(9-10-20(19)29-11-5-1-2-6-12-29)18-14-27-21(30)17-8-4-3-7-16(17)18/h3-4,7-10,13-14H,1-2,5-6,11-12H2,(H,27,30)(H,28,31). The molecule has 2 N–H and O–H groups in total. The number of aromatic amines is 1. The largest absolute Gasteiger partial charge is 0.471 e. The zero-order valence-electron chi connectivity index (χ0n) is 16.8. The normalized spacial score (nSPS) is 15.0. The Labute approximate surface area is 176 Å². The first-order valence-electron chi connectivity index (χ1n) is 10.2. The number of carbonyl (C=O) groups is 1. The number of aromatic nitrogens is 1. The molecule has 31 heavy (non-hydrogen) atoms. The molecule has 5 nitrogen and oxygen atoms in total. The van der Waals surface area contributed by atoms with Crippen LogP contribution in [0.15, 0.2) is 53.5 Å². The van der Waals surface area contributed by atoms with Gasteiger partial charge in [0.2, 0.25) is 0 Å². The third-order valence-corrected chi connectivity index (χ3v) is 5.57. The van der Waals surface area contributed by atoms with Crippen LogP contribution in [0.1, 0.15) is 25.7 Å². The summed E-state index contributed by atoms with van der Waals surface area (Å²) in [6.07, 6.45) is 0.583. The summed E-state index contributed by atoms with van der Waals surface area (Å²) in [5, 5.41) is 3.23. The predicted molar refractivity (Wildman–Crippen MR) is 115 cm³/mol. The van der Waals surface area contributed by atoms with Crippen LogP contribution in [0.4, 0.5) is 24.5 Å². The van der Waals surface area contributed by atoms with Crippen LogP contribution in [0.5, 0.6) is 0 Å². The molecule has 2 aromatic carbocycles. The van der Waals surface area contributed by atoms with Gasteiger partial charge in [0.05, 0.1) is 11.4 Å². The number of nitrogens with one attached hydrogen (secondary N) is 2. The topological polar surface area (TPSA) is 65.2 Å². The number of fused-ring (bicyclic) bond motifs is 1. The lowest BCUT2D eigenvalue weighted by molar-refractivity contribution is -0.167. The fourth-order valence-electron chi connectivity index (χ4n) is 4.03. The maximum absolute atomic E-state index is 13.0. The number of halogens is 3. The van der Waals surface area contributed by atoms with Crippen LogP contribution in [-0.2, 0) is 4.79 Å². The molecule has 1 amide bonds. The molecule has 0 atom stereocenters. The van der Waals surface area contributed by atoms with E-state index >= 15 is 0 Å². The van der Waals surface area contributed by atoms with Crippen molar-refractivity contribution in [2.24, 2.45) is 0 Å². The van der Waals surface area contributed by atoms with Gasteiger partial charge >= 0.3 is 12.1 Å². The van der Waals surface area contributed by atoms with Gasteiger partial charge in [0, 0.05) is 30.2 Å². The number of amides is 1. The summed E-state index contributed by atoms with van der Waals surface area (Å²) in [5.74, 6) is -2.01. The van der Waals surface area contributed by atoms with Crippen LogP contribution in [-0.4, -0.2) is 30.2 Å². The number of hydrogen-bond acceptors (Lipinski definition) is 3. The third-order valence-electron chi connectivity index (χ3n) is 5.57. The fraction of sp³-hybridized carbons (Fsp3) is 0.304. The van der Waals surface area contributed by atoms with Gasteiger partial charge in [-0.15, -0.1) is 0 Å². The molecule has 4 rings (SSSR count). The molecular weight excluding hydrogens is 407 g/mol. The molecule has 2 heterocycles. The van der Waals surface area contributed by atoms with Crippen molar-refractivity contribution in [3.05, 3.63) is 59.0 Å². The molecule has 1 saturated heterocycles. The quantitative estimate of drug-likeness (QED) is 0.611. The number of hydrogen-bond donors (Lipinski definition) is 2. The molecule has 3 aromatic rings. The van der Waals surface area contributed by atoms with E-state index in [4.69, 9.17) is 0 Å². The highest BCUT2D eigenvalue weighted by atomic mass is 19.4. The van der Waals surface area contributed by atoms with Crippen molar-refractivity contribution in [3.8, 4) is 11.1 Å². The van der Waals surface area contributed by atoms with Gasteiger partial charge in [-0.2, -0.15) is 13.2 Å². The average molecular weight is 429 g/mol. The Bertz CT molecular complexity index is 1160. The number of alkyl halides is 3. The van der Waals surface area contributed by atoms with E-state index in [1.807, 2.05) is 11.0 Å². The number of pyridine rings is 1. The monoisotopic (exact) mass is 429 g/mol. The number of rotatable bonds is 3. The van der Waals surface area contributed by atoms with E-state index < -0.39 is 12.1 Å². The minimum Gasteiger partial charge on any atom is -0.370 e. The van der Waals surface area contributed by atoms with Gasteiger partial charge in [0.25, 0.3) is 5.56 Å². The van der Waals surface area contributed by atoms with Crippen molar-refractivity contribution in [2.45, 2.75) is 31.9 Å². The smallest absolute Gasteiger partial charge is 0.370 e. The molecular formula is C23H22F3N3O2. The lowest BCUT2D eigenvalue weighted by Gasteiger charge is -2.26. The average Bonchev–Trinajstić information content (AvgIpc) is 3.03. The van der Waals surface area contributed by atoms with Gasteiger partial charge in [-0.1, -0.05) is 37.1 Å². The molecule has 8 heteroatoms. The maximum atomic E-state index is 13.0. The van der Waals surface area contributed by atoms with E-state index in [9.17, 15) is 22.8 Å². The molecule has 0 unspecified atom stereocenters. The van der Waals surface area contributed by atoms with E-state index in [1.165, 1.54) is 0 Å². The highest BCUT2D eigenvalue weighted by Crippen LogP contribution is 2.35. The second kappa shape index (κ2) is 8.45. The molecule has 0 saturated carbocycles. The highest BCUT2D eigenvalue weighted by Gasteiger charge is 2.39. The number of anilines is 2. The van der Waals surface area contributed by atoms with Gasteiger partial charge in [0.15, 0.2) is 0 Å². The Balaban J connectivity index is 1.82. The number of benzene rings is 2. The van der Waals surface area contributed by atoms with Crippen LogP contribution in [0.25, 0.3) is 21.9 Å². The molecule has 0 aliphatic carbocycles. The van der Waals surface area contributed by atoms with Crippen LogP contribution in [0.2, 0.25) is 0 Å². The number of carbonyl (C=O) groups excluding carboxylic acids is 1. The van der Waals surface area contributed by atoms with E-state index in [0.717, 1.165) is 38.8 Å². The zero-order valence-corrected chi connectivity index (χ0v) is 16.8. The van der Waals surface area contributed by atoms with Crippen molar-refractivity contribution in [1.29, 1.82) is 0 Å².